The van der Waals surface area contributed by atoms with Gasteiger partial charge in [-0.3, -0.25) is 9.69 Å². The molecule has 0 aliphatic carbocycles. The van der Waals surface area contributed by atoms with E-state index >= 15 is 0 Å². The first-order chi connectivity index (χ1) is 12.4. The first-order valence-corrected chi connectivity index (χ1v) is 10.3. The van der Waals surface area contributed by atoms with E-state index < -0.39 is 0 Å². The molecule has 1 aliphatic rings. The molecule has 1 fully saturated rings. The van der Waals surface area contributed by atoms with Gasteiger partial charge in [0.15, 0.2) is 0 Å². The molecule has 134 valence electrons. The van der Waals surface area contributed by atoms with Crippen molar-refractivity contribution in [2.24, 2.45) is 0 Å². The Hall–Kier alpha value is -1.63. The van der Waals surface area contributed by atoms with Crippen LogP contribution in [-0.2, 0) is 4.79 Å². The highest BCUT2D eigenvalue weighted by atomic mass is 79.9. The summed E-state index contributed by atoms with van der Waals surface area (Å²) in [5, 5.41) is 3.24. The Morgan fingerprint density at radius 2 is 1.96 bits per heavy atom. The molecule has 1 N–H and O–H groups in total. The molecule has 3 rings (SSSR count). The highest BCUT2D eigenvalue weighted by molar-refractivity contribution is 9.10. The molecule has 0 unspecified atom stereocenters. The second-order valence-corrected chi connectivity index (χ2v) is 8.87. The van der Waals surface area contributed by atoms with Crippen molar-refractivity contribution >= 4 is 61.9 Å². The van der Waals surface area contributed by atoms with Crippen molar-refractivity contribution in [3.8, 4) is 0 Å². The summed E-state index contributed by atoms with van der Waals surface area (Å²) in [5.41, 5.74) is 3.23. The molecule has 0 atom stereocenters. The van der Waals surface area contributed by atoms with Crippen LogP contribution in [0.2, 0.25) is 0 Å². The molecule has 1 heterocycles. The van der Waals surface area contributed by atoms with Crippen molar-refractivity contribution in [3.63, 3.8) is 0 Å². The zero-order chi connectivity index (χ0) is 18.7. The molecule has 1 aliphatic heterocycles. The molecule has 6 heteroatoms. The largest absolute Gasteiger partial charge is 0.367 e. The molecule has 0 saturated carbocycles. The summed E-state index contributed by atoms with van der Waals surface area (Å²) >= 11 is 10.2. The number of hydrogen-bond donors (Lipinski definition) is 1. The Bertz CT molecular complexity index is 862. The fourth-order valence-corrected chi connectivity index (χ4v) is 4.19. The predicted molar refractivity (Wildman–Crippen MR) is 118 cm³/mol. The quantitative estimate of drug-likeness (QED) is 0.461. The third-order valence-electron chi connectivity index (χ3n) is 4.04. The van der Waals surface area contributed by atoms with E-state index in [1.54, 1.807) is 4.90 Å². The van der Waals surface area contributed by atoms with Crippen LogP contribution in [0.1, 0.15) is 30.9 Å². The van der Waals surface area contributed by atoms with Crippen LogP contribution in [-0.4, -0.2) is 21.8 Å². The van der Waals surface area contributed by atoms with Gasteiger partial charge in [-0.2, -0.15) is 0 Å². The van der Waals surface area contributed by atoms with Crippen LogP contribution < -0.4 is 5.32 Å². The van der Waals surface area contributed by atoms with Crippen molar-refractivity contribution in [1.82, 2.24) is 4.90 Å². The zero-order valence-corrected chi connectivity index (χ0v) is 17.7. The molecular formula is C20H19BrN2OS2. The van der Waals surface area contributed by atoms with Gasteiger partial charge >= 0.3 is 0 Å². The number of hydrogen-bond acceptors (Lipinski definition) is 4. The summed E-state index contributed by atoms with van der Waals surface area (Å²) < 4.78 is 1.56. The average molecular weight is 447 g/mol. The molecule has 26 heavy (non-hydrogen) atoms. The van der Waals surface area contributed by atoms with Crippen LogP contribution in [0, 0.1) is 0 Å². The van der Waals surface area contributed by atoms with Gasteiger partial charge in [-0.15, -0.1) is 0 Å². The molecule has 3 nitrogen and oxygen atoms in total. The Balaban J connectivity index is 1.69. The van der Waals surface area contributed by atoms with E-state index in [1.165, 1.54) is 17.3 Å². The van der Waals surface area contributed by atoms with Gasteiger partial charge in [0.05, 0.1) is 11.6 Å². The molecule has 1 amide bonds. The summed E-state index contributed by atoms with van der Waals surface area (Å²) in [6.07, 6.45) is 1.91. The van der Waals surface area contributed by atoms with Crippen molar-refractivity contribution < 1.29 is 4.79 Å². The molecule has 0 spiro atoms. The number of halogens is 1. The Morgan fingerprint density at radius 3 is 2.62 bits per heavy atom. The minimum absolute atomic E-state index is 0.0598. The minimum Gasteiger partial charge on any atom is -0.367 e. The van der Waals surface area contributed by atoms with E-state index in [2.05, 4.69) is 47.2 Å². The Labute approximate surface area is 172 Å². The number of nitrogens with one attached hydrogen (secondary N) is 1. The smallest absolute Gasteiger partial charge is 0.267 e. The third-order valence-corrected chi connectivity index (χ3v) is 5.91. The number of rotatable bonds is 5. The van der Waals surface area contributed by atoms with Gasteiger partial charge in [0.1, 0.15) is 4.32 Å². The number of carbonyl (C=O) groups is 1. The van der Waals surface area contributed by atoms with Gasteiger partial charge in [0, 0.05) is 10.2 Å². The van der Waals surface area contributed by atoms with E-state index in [-0.39, 0.29) is 5.91 Å². The predicted octanol–water partition coefficient (Wildman–Crippen LogP) is 5.84. The van der Waals surface area contributed by atoms with E-state index in [0.717, 1.165) is 15.7 Å². The zero-order valence-electron chi connectivity index (χ0n) is 14.5. The minimum atomic E-state index is -0.0598. The lowest BCUT2D eigenvalue weighted by atomic mass is 10.0. The molecule has 1 saturated heterocycles. The normalized spacial score (nSPS) is 16.0. The van der Waals surface area contributed by atoms with Crippen LogP contribution in [0.4, 0.5) is 5.69 Å². The van der Waals surface area contributed by atoms with Gasteiger partial charge in [-0.25, -0.2) is 0 Å². The maximum atomic E-state index is 12.7. The van der Waals surface area contributed by atoms with Gasteiger partial charge in [0.25, 0.3) is 5.91 Å². The van der Waals surface area contributed by atoms with Gasteiger partial charge in [0.2, 0.25) is 0 Å². The fourth-order valence-electron chi connectivity index (χ4n) is 2.53. The van der Waals surface area contributed by atoms with E-state index in [0.29, 0.717) is 21.8 Å². The van der Waals surface area contributed by atoms with Crippen LogP contribution in [0.5, 0.6) is 0 Å². The number of nitrogens with zero attached hydrogens (tertiary/aromatic N) is 1. The first kappa shape index (κ1) is 19.1. The SMILES string of the molecule is CC(C)c1ccc(/C=C2/SC(=S)N(CNc3cccc(Br)c3)C2=O)cc1. The number of anilines is 1. The highest BCUT2D eigenvalue weighted by Crippen LogP contribution is 2.32. The molecule has 2 aromatic rings. The molecule has 0 bridgehead atoms. The number of amides is 1. The van der Waals surface area contributed by atoms with Crippen molar-refractivity contribution in [2.75, 3.05) is 12.0 Å². The Morgan fingerprint density at radius 1 is 1.23 bits per heavy atom. The second-order valence-electron chi connectivity index (χ2n) is 6.28. The standard InChI is InChI=1S/C20H19BrN2OS2/c1-13(2)15-8-6-14(7-9-15)10-18-19(24)23(20(25)26-18)12-22-17-5-3-4-16(21)11-17/h3-11,13,22H,12H2,1-2H3/b18-10+. The van der Waals surface area contributed by atoms with Gasteiger partial charge in [-0.05, 0) is 41.3 Å². The first-order valence-electron chi connectivity index (χ1n) is 8.29. The van der Waals surface area contributed by atoms with E-state index in [4.69, 9.17) is 12.2 Å². The maximum Gasteiger partial charge on any atom is 0.267 e. The number of benzene rings is 2. The van der Waals surface area contributed by atoms with Gasteiger partial charge < -0.3 is 5.32 Å². The molecule has 0 radical (unpaired) electrons. The summed E-state index contributed by atoms with van der Waals surface area (Å²) in [6.45, 7) is 4.68. The topological polar surface area (TPSA) is 32.3 Å². The highest BCUT2D eigenvalue weighted by Gasteiger charge is 2.31. The molecule has 0 aromatic heterocycles. The van der Waals surface area contributed by atoms with E-state index in [1.807, 2.05) is 42.5 Å². The lowest BCUT2D eigenvalue weighted by Crippen LogP contribution is -2.33. The van der Waals surface area contributed by atoms with Crippen molar-refractivity contribution in [3.05, 3.63) is 69.0 Å². The fraction of sp³-hybridized carbons (Fsp3) is 0.200. The van der Waals surface area contributed by atoms with Crippen LogP contribution in [0.25, 0.3) is 6.08 Å². The summed E-state index contributed by atoms with van der Waals surface area (Å²) in [7, 11) is 0. The monoisotopic (exact) mass is 446 g/mol. The van der Waals surface area contributed by atoms with Crippen LogP contribution in [0.15, 0.2) is 57.9 Å². The lowest BCUT2D eigenvalue weighted by Gasteiger charge is -2.16. The number of thiocarbonyl (C=S) groups is 1. The van der Waals surface area contributed by atoms with Crippen LogP contribution >= 0.6 is 39.9 Å². The number of carbonyl (C=O) groups excluding carboxylic acids is 1. The van der Waals surface area contributed by atoms with Crippen LogP contribution in [0.3, 0.4) is 0 Å². The summed E-state index contributed by atoms with van der Waals surface area (Å²) in [5.74, 6) is 0.432. The van der Waals surface area contributed by atoms with Crippen molar-refractivity contribution in [1.29, 1.82) is 0 Å². The summed E-state index contributed by atoms with van der Waals surface area (Å²) in [6, 6.07) is 16.1. The van der Waals surface area contributed by atoms with Gasteiger partial charge in [-0.1, -0.05) is 84.1 Å². The van der Waals surface area contributed by atoms with Crippen molar-refractivity contribution in [2.45, 2.75) is 19.8 Å². The number of thioether (sulfide) groups is 1. The third kappa shape index (κ3) is 4.55. The van der Waals surface area contributed by atoms with E-state index in [9.17, 15) is 4.79 Å². The lowest BCUT2D eigenvalue weighted by molar-refractivity contribution is -0.121. The average Bonchev–Trinajstić information content (AvgIpc) is 2.87. The summed E-state index contributed by atoms with van der Waals surface area (Å²) in [4.78, 5) is 14.9. The Kier molecular flexibility index (Phi) is 6.16. The second kappa shape index (κ2) is 8.37. The maximum absolute atomic E-state index is 12.7. The molecule has 2 aromatic carbocycles. The molecular weight excluding hydrogens is 428 g/mol.